The zero-order valence-electron chi connectivity index (χ0n) is 50.5. The first kappa shape index (κ1) is 75.9. The van der Waals surface area contributed by atoms with E-state index in [9.17, 15) is 28.9 Å². The average Bonchev–Trinajstić information content (AvgIpc) is 3.45. The van der Waals surface area contributed by atoms with Gasteiger partial charge in [0.25, 0.3) is 0 Å². The predicted molar refractivity (Wildman–Crippen MR) is 334 cm³/mol. The third-order valence-electron chi connectivity index (χ3n) is 12.8. The quantitative estimate of drug-likeness (QED) is 0.0197. The lowest BCUT2D eigenvalue weighted by Crippen LogP contribution is -2.30. The highest BCUT2D eigenvalue weighted by molar-refractivity contribution is 7.47. The summed E-state index contributed by atoms with van der Waals surface area (Å²) in [5, 5.41) is 9.85. The summed E-state index contributed by atoms with van der Waals surface area (Å²) in [6, 6.07) is 0. The van der Waals surface area contributed by atoms with Gasteiger partial charge in [-0.15, -0.1) is 0 Å². The Bertz CT molecular complexity index is 1800. The van der Waals surface area contributed by atoms with E-state index in [1.165, 1.54) is 38.5 Å². The third kappa shape index (κ3) is 58.5. The zero-order valence-corrected chi connectivity index (χ0v) is 51.4. The normalized spacial score (nSPS) is 14.1. The number of ether oxygens (including phenoxy) is 3. The van der Waals surface area contributed by atoms with Crippen molar-refractivity contribution in [3.05, 3.63) is 122 Å². The lowest BCUT2D eigenvalue weighted by atomic mass is 10.1. The van der Waals surface area contributed by atoms with Crippen LogP contribution in [0.4, 0.5) is 0 Å². The standard InChI is InChI=1S/C68H113O11P/c1-4-7-10-13-16-19-22-25-28-31-32-35-38-41-44-47-50-53-56-59-68(72)79-65(61-75-66(70)57-54-51-48-45-42-39-36-33-29-26-23-20-17-14-11-8-5-2)63-77-80(73,74)76-62-64(60-69)78-67(71)58-55-52-49-46-43-40-37-34-30-27-24-21-18-15-12-9-6-3/h8-9,11-12,16-21,25-30,32,35,37,40,64-65,69H,4-7,10,13-15,22-24,31,33-34,36,38-39,41-63H2,1-3H3,(H,73,74)/b11-8-,12-9-,19-16-,20-17-,21-18-,28-25-,29-26-,30-27-,35-32-,40-37-. The van der Waals surface area contributed by atoms with Crippen molar-refractivity contribution >= 4 is 25.7 Å². The number of unbranched alkanes of at least 4 members (excludes halogenated alkanes) is 20. The van der Waals surface area contributed by atoms with E-state index in [4.69, 9.17) is 23.3 Å². The Kier molecular flexibility index (Phi) is 57.8. The van der Waals surface area contributed by atoms with Crippen molar-refractivity contribution in [3.63, 3.8) is 0 Å². The molecule has 12 heteroatoms. The van der Waals surface area contributed by atoms with Crippen LogP contribution in [0.15, 0.2) is 122 Å². The molecule has 0 fully saturated rings. The number of hydrogen-bond donors (Lipinski definition) is 2. The summed E-state index contributed by atoms with van der Waals surface area (Å²) in [6.45, 7) is 4.35. The van der Waals surface area contributed by atoms with Crippen LogP contribution in [0.3, 0.4) is 0 Å². The topological polar surface area (TPSA) is 155 Å². The molecule has 0 amide bonds. The van der Waals surface area contributed by atoms with Gasteiger partial charge in [-0.3, -0.25) is 23.4 Å². The number of hydrogen-bond acceptors (Lipinski definition) is 10. The van der Waals surface area contributed by atoms with Crippen LogP contribution in [-0.4, -0.2) is 66.5 Å². The van der Waals surface area contributed by atoms with Gasteiger partial charge in [0, 0.05) is 19.3 Å². The van der Waals surface area contributed by atoms with E-state index in [2.05, 4.69) is 142 Å². The third-order valence-corrected chi connectivity index (χ3v) is 13.8. The van der Waals surface area contributed by atoms with Crippen LogP contribution in [0.2, 0.25) is 0 Å². The molecule has 0 bridgehead atoms. The Balaban J connectivity index is 4.79. The minimum Gasteiger partial charge on any atom is -0.462 e. The lowest BCUT2D eigenvalue weighted by molar-refractivity contribution is -0.161. The SMILES string of the molecule is CC/C=C\C/C=C\C/C=C\C/C=C\CCCCCCC(=O)OC(CO)COP(=O)(O)OCC(COC(=O)CCCCCCCCC/C=C\C/C=C\C/C=C\CC)OC(=O)CCCCCCCC/C=C\C/C=C\C/C=C\CCCCC. The summed E-state index contributed by atoms with van der Waals surface area (Å²) in [4.78, 5) is 48.7. The Hall–Kier alpha value is -4.12. The van der Waals surface area contributed by atoms with Gasteiger partial charge in [-0.2, -0.15) is 0 Å². The molecule has 2 N–H and O–H groups in total. The zero-order chi connectivity index (χ0) is 58.3. The molecule has 456 valence electrons. The first-order valence-corrected chi connectivity index (χ1v) is 32.9. The Morgan fingerprint density at radius 3 is 1.00 bits per heavy atom. The summed E-state index contributed by atoms with van der Waals surface area (Å²) in [5.74, 6) is -1.52. The van der Waals surface area contributed by atoms with Crippen molar-refractivity contribution < 1.29 is 52.2 Å². The second-order valence-corrected chi connectivity index (χ2v) is 21.9. The maximum atomic E-state index is 13.0. The Morgan fingerprint density at radius 1 is 0.362 bits per heavy atom. The van der Waals surface area contributed by atoms with E-state index in [-0.39, 0.29) is 25.9 Å². The Morgan fingerprint density at radius 2 is 0.650 bits per heavy atom. The number of esters is 3. The number of rotatable bonds is 57. The van der Waals surface area contributed by atoms with Gasteiger partial charge in [0.05, 0.1) is 19.8 Å². The molecule has 0 aromatic carbocycles. The molecule has 0 rings (SSSR count). The monoisotopic (exact) mass is 1140 g/mol. The van der Waals surface area contributed by atoms with Gasteiger partial charge >= 0.3 is 25.7 Å². The molecule has 0 saturated heterocycles. The van der Waals surface area contributed by atoms with Crippen molar-refractivity contribution in [1.82, 2.24) is 0 Å². The smallest absolute Gasteiger partial charge is 0.462 e. The molecular weight excluding hydrogens is 1020 g/mol. The lowest BCUT2D eigenvalue weighted by Gasteiger charge is -2.21. The van der Waals surface area contributed by atoms with Crippen LogP contribution >= 0.6 is 7.82 Å². The minimum atomic E-state index is -4.77. The van der Waals surface area contributed by atoms with Crippen LogP contribution in [0.1, 0.15) is 252 Å². The molecule has 3 unspecified atom stereocenters. The fraction of sp³-hybridized carbons (Fsp3) is 0.662. The number of phosphoric ester groups is 1. The van der Waals surface area contributed by atoms with Gasteiger partial charge in [-0.1, -0.05) is 226 Å². The Labute approximate surface area is 487 Å². The van der Waals surface area contributed by atoms with Gasteiger partial charge in [0.1, 0.15) is 12.7 Å². The maximum absolute atomic E-state index is 13.0. The molecule has 0 saturated carbocycles. The molecule has 0 aliphatic heterocycles. The predicted octanol–water partition coefficient (Wildman–Crippen LogP) is 19.1. The number of carbonyl (C=O) groups is 3. The van der Waals surface area contributed by atoms with Crippen molar-refractivity contribution in [2.45, 2.75) is 264 Å². The van der Waals surface area contributed by atoms with Gasteiger partial charge in [0.2, 0.25) is 0 Å². The molecule has 11 nitrogen and oxygen atoms in total. The van der Waals surface area contributed by atoms with Crippen molar-refractivity contribution in [2.24, 2.45) is 0 Å². The number of phosphoric acid groups is 1. The first-order chi connectivity index (χ1) is 39.2. The molecule has 0 aliphatic carbocycles. The number of carbonyl (C=O) groups excluding carboxylic acids is 3. The fourth-order valence-corrected chi connectivity index (χ4v) is 8.92. The van der Waals surface area contributed by atoms with Gasteiger partial charge in [-0.05, 0) is 128 Å². The molecule has 0 aromatic heterocycles. The highest BCUT2D eigenvalue weighted by Crippen LogP contribution is 2.43. The second kappa shape index (κ2) is 61.0. The minimum absolute atomic E-state index is 0.142. The summed E-state index contributed by atoms with van der Waals surface area (Å²) < 4.78 is 39.6. The van der Waals surface area contributed by atoms with Crippen molar-refractivity contribution in [3.8, 4) is 0 Å². The largest absolute Gasteiger partial charge is 0.472 e. The van der Waals surface area contributed by atoms with Crippen LogP contribution in [0.25, 0.3) is 0 Å². The molecule has 0 heterocycles. The average molecular weight is 1140 g/mol. The van der Waals surface area contributed by atoms with E-state index < -0.39 is 57.8 Å². The molecule has 0 radical (unpaired) electrons. The number of aliphatic hydroxyl groups excluding tert-OH is 1. The number of allylic oxidation sites excluding steroid dienone is 20. The molecule has 0 spiro atoms. The van der Waals surface area contributed by atoms with E-state index in [1.807, 2.05) is 0 Å². The van der Waals surface area contributed by atoms with Crippen LogP contribution < -0.4 is 0 Å². The maximum Gasteiger partial charge on any atom is 0.472 e. The van der Waals surface area contributed by atoms with E-state index in [0.717, 1.165) is 154 Å². The summed E-state index contributed by atoms with van der Waals surface area (Å²) >= 11 is 0. The van der Waals surface area contributed by atoms with Crippen LogP contribution in [0.5, 0.6) is 0 Å². The summed E-state index contributed by atoms with van der Waals surface area (Å²) in [7, 11) is -4.77. The first-order valence-electron chi connectivity index (χ1n) is 31.4. The van der Waals surface area contributed by atoms with E-state index in [1.54, 1.807) is 0 Å². The fourth-order valence-electron chi connectivity index (χ4n) is 8.13. The second-order valence-electron chi connectivity index (χ2n) is 20.5. The highest BCUT2D eigenvalue weighted by Gasteiger charge is 2.28. The molecule has 0 aromatic rings. The molecule has 0 aliphatic rings. The van der Waals surface area contributed by atoms with Crippen molar-refractivity contribution in [1.29, 1.82) is 0 Å². The van der Waals surface area contributed by atoms with E-state index in [0.29, 0.717) is 19.3 Å². The summed E-state index contributed by atoms with van der Waals surface area (Å²) in [5.41, 5.74) is 0. The van der Waals surface area contributed by atoms with Crippen molar-refractivity contribution in [2.75, 3.05) is 26.4 Å². The number of aliphatic hydroxyl groups is 1. The van der Waals surface area contributed by atoms with Gasteiger partial charge in [-0.25, -0.2) is 4.57 Å². The molecular formula is C68H113O11P. The van der Waals surface area contributed by atoms with Gasteiger partial charge in [0.15, 0.2) is 6.10 Å². The molecule has 80 heavy (non-hydrogen) atoms. The van der Waals surface area contributed by atoms with E-state index >= 15 is 0 Å². The summed E-state index contributed by atoms with van der Waals surface area (Å²) in [6.07, 6.45) is 75.7. The molecule has 3 atom stereocenters. The van der Waals surface area contributed by atoms with Crippen LogP contribution in [0, 0.1) is 0 Å². The van der Waals surface area contributed by atoms with Gasteiger partial charge < -0.3 is 24.2 Å². The van der Waals surface area contributed by atoms with Crippen LogP contribution in [-0.2, 0) is 42.2 Å². The highest BCUT2D eigenvalue weighted by atomic mass is 31.2.